The van der Waals surface area contributed by atoms with Crippen LogP contribution in [0.5, 0.6) is 0 Å². The maximum Gasteiger partial charge on any atom is 0.369 e. The zero-order chi connectivity index (χ0) is 32.5. The van der Waals surface area contributed by atoms with Gasteiger partial charge in [-0.05, 0) is 12.1 Å². The maximum atomic E-state index is 11.9. The van der Waals surface area contributed by atoms with Crippen LogP contribution < -0.4 is 15.3 Å². The Bertz CT molecular complexity index is 1730. The maximum absolute atomic E-state index is 11.9. The summed E-state index contributed by atoms with van der Waals surface area (Å²) in [5.41, 5.74) is 1.33. The Hall–Kier alpha value is -4.55. The van der Waals surface area contributed by atoms with Crippen LogP contribution in [0.4, 0.5) is 0 Å². The molecule has 0 saturated heterocycles. The van der Waals surface area contributed by atoms with Crippen LogP contribution in [0.15, 0.2) is 18.2 Å². The molecule has 0 saturated carbocycles. The van der Waals surface area contributed by atoms with Crippen molar-refractivity contribution >= 4 is 41.0 Å². The zero-order valence-corrected chi connectivity index (χ0v) is 23.2. The average molecular weight is 622 g/mol. The van der Waals surface area contributed by atoms with Crippen molar-refractivity contribution in [2.45, 2.75) is 56.8 Å². The molecule has 44 heavy (non-hydrogen) atoms. The van der Waals surface area contributed by atoms with Crippen LogP contribution in [0.25, 0.3) is 17.1 Å². The second-order valence-electron chi connectivity index (χ2n) is 10.5. The molecule has 0 spiro atoms. The number of rotatable bonds is 16. The van der Waals surface area contributed by atoms with Crippen molar-refractivity contribution in [1.82, 2.24) is 18.3 Å². The van der Waals surface area contributed by atoms with Crippen molar-refractivity contribution in [3.8, 4) is 0 Å². The van der Waals surface area contributed by atoms with E-state index in [1.54, 1.807) is 12.1 Å². The Labute approximate surface area is 247 Å². The molecule has 1 aliphatic rings. The number of fused-ring (bicyclic) bond motifs is 2. The Morgan fingerprint density at radius 2 is 1.30 bits per heavy atom. The van der Waals surface area contributed by atoms with E-state index in [0.717, 1.165) is 0 Å². The fraction of sp³-hybridized carbons (Fsp3) is 0.444. The van der Waals surface area contributed by atoms with E-state index in [1.165, 1.54) is 30.4 Å². The van der Waals surface area contributed by atoms with Gasteiger partial charge in [0.15, 0.2) is 6.04 Å². The van der Waals surface area contributed by atoms with Crippen LogP contribution in [0.3, 0.4) is 0 Å². The monoisotopic (exact) mass is 621 g/mol. The van der Waals surface area contributed by atoms with Crippen LogP contribution >= 0.6 is 0 Å². The lowest BCUT2D eigenvalue weighted by Crippen LogP contribution is -2.42. The topological polar surface area (TPSA) is 268 Å². The Kier molecular flexibility index (Phi) is 9.55. The summed E-state index contributed by atoms with van der Waals surface area (Å²) in [5.74, 6) is -4.97. The van der Waals surface area contributed by atoms with E-state index in [-0.39, 0.29) is 29.2 Å². The number of aliphatic hydroxyl groups excluding tert-OH is 5. The summed E-state index contributed by atoms with van der Waals surface area (Å²) in [7, 11) is 0. The lowest BCUT2D eigenvalue weighted by Gasteiger charge is -2.17. The fourth-order valence-corrected chi connectivity index (χ4v) is 5.66. The third-order valence-electron chi connectivity index (χ3n) is 7.47. The van der Waals surface area contributed by atoms with Gasteiger partial charge in [-0.1, -0.05) is 0 Å². The molecule has 0 aliphatic carbocycles. The van der Waals surface area contributed by atoms with Crippen molar-refractivity contribution in [3.05, 3.63) is 46.0 Å². The van der Waals surface area contributed by atoms with E-state index < -0.39 is 87.6 Å². The van der Waals surface area contributed by atoms with Gasteiger partial charge < -0.3 is 59.7 Å². The number of hydrogen-bond acceptors (Lipinski definition) is 9. The van der Waals surface area contributed by atoms with Gasteiger partial charge in [-0.15, -0.1) is 0 Å². The summed E-state index contributed by atoms with van der Waals surface area (Å²) in [6, 6.07) is 3.64. The molecule has 4 unspecified atom stereocenters. The summed E-state index contributed by atoms with van der Waals surface area (Å²) >= 11 is 0. The molecular formula is C27H33N4O13+. The lowest BCUT2D eigenvalue weighted by molar-refractivity contribution is -0.138. The highest BCUT2D eigenvalue weighted by Crippen LogP contribution is 2.27. The number of carboxylic acid groups (broad SMARTS) is 4. The third kappa shape index (κ3) is 6.51. The average Bonchev–Trinajstić information content (AvgIpc) is 3.64. The van der Waals surface area contributed by atoms with E-state index in [2.05, 4.69) is 0 Å². The molecule has 17 nitrogen and oxygen atoms in total. The molecule has 4 atom stereocenters. The molecule has 17 heteroatoms. The first-order chi connectivity index (χ1) is 20.7. The first-order valence-corrected chi connectivity index (χ1v) is 13.4. The first kappa shape index (κ1) is 32.4. The van der Waals surface area contributed by atoms with Gasteiger partial charge >= 0.3 is 23.9 Å². The molecule has 1 aliphatic heterocycles. The molecule has 0 bridgehead atoms. The fourth-order valence-electron chi connectivity index (χ4n) is 5.66. The summed E-state index contributed by atoms with van der Waals surface area (Å²) in [6.45, 7) is -3.71. The van der Waals surface area contributed by atoms with E-state index in [0.29, 0.717) is 22.4 Å². The first-order valence-electron chi connectivity index (χ1n) is 13.4. The predicted octanol–water partition coefficient (Wildman–Crippen LogP) is -4.24. The molecule has 3 aromatic rings. The molecular weight excluding hydrogens is 588 g/mol. The van der Waals surface area contributed by atoms with Crippen LogP contribution in [0.2, 0.25) is 0 Å². The third-order valence-corrected chi connectivity index (χ3v) is 7.47. The number of hydrogen-bond donors (Lipinski definition) is 9. The van der Waals surface area contributed by atoms with Gasteiger partial charge in [0.05, 0.1) is 42.5 Å². The van der Waals surface area contributed by atoms with Gasteiger partial charge in [0.1, 0.15) is 37.2 Å². The van der Waals surface area contributed by atoms with Crippen molar-refractivity contribution in [2.75, 3.05) is 19.8 Å². The van der Waals surface area contributed by atoms with Gasteiger partial charge in [0, 0.05) is 30.0 Å². The van der Waals surface area contributed by atoms with Crippen molar-refractivity contribution in [3.63, 3.8) is 0 Å². The van der Waals surface area contributed by atoms with Crippen LogP contribution in [0, 0.1) is 0 Å². The summed E-state index contributed by atoms with van der Waals surface area (Å²) in [4.78, 5) is 47.1. The number of carbonyl (C=O) groups is 4. The summed E-state index contributed by atoms with van der Waals surface area (Å²) in [6.07, 6.45) is -3.08. The molecule has 9 N–H and O–H groups in total. The number of nitrogens with zero attached hydrogens (tertiary/aromatic N) is 4. The van der Waals surface area contributed by atoms with Gasteiger partial charge in [-0.3, -0.25) is 14.4 Å². The highest BCUT2D eigenvalue weighted by atomic mass is 16.4. The van der Waals surface area contributed by atoms with Crippen molar-refractivity contribution in [2.24, 2.45) is 0 Å². The molecule has 0 aromatic carbocycles. The van der Waals surface area contributed by atoms with Crippen molar-refractivity contribution in [1.29, 1.82) is 0 Å². The highest BCUT2D eigenvalue weighted by Gasteiger charge is 2.34. The van der Waals surface area contributed by atoms with E-state index in [1.807, 2.05) is 0 Å². The molecule has 4 heterocycles. The largest absolute Gasteiger partial charge is 0.480 e. The van der Waals surface area contributed by atoms with Gasteiger partial charge in [-0.25, -0.2) is 9.37 Å². The lowest BCUT2D eigenvalue weighted by atomic mass is 10.1. The Morgan fingerprint density at radius 1 is 0.750 bits per heavy atom. The Balaban J connectivity index is 1.88. The second-order valence-corrected chi connectivity index (χ2v) is 10.5. The van der Waals surface area contributed by atoms with Gasteiger partial charge in [0.25, 0.3) is 0 Å². The highest BCUT2D eigenvalue weighted by molar-refractivity contribution is 5.84. The number of aliphatic carboxylic acids is 4. The molecule has 0 amide bonds. The van der Waals surface area contributed by atoms with Crippen LogP contribution in [0.1, 0.15) is 23.2 Å². The molecule has 3 aromatic heterocycles. The molecule has 238 valence electrons. The summed E-state index contributed by atoms with van der Waals surface area (Å²) in [5, 5.41) is 88.0. The second kappa shape index (κ2) is 13.0. The summed E-state index contributed by atoms with van der Waals surface area (Å²) < 4.78 is 5.39. The van der Waals surface area contributed by atoms with Gasteiger partial charge in [0.2, 0.25) is 11.9 Å². The quantitative estimate of drug-likeness (QED) is 0.0687. The smallest absolute Gasteiger partial charge is 0.369 e. The molecule has 4 rings (SSSR count). The SMILES string of the molecule is O=C(O)Cn1c(C(O)C(O)CO)cc2c1=CC(Cc1cc3c(cc(CC(O)CO)n3CC(=O)O)n1CC(=O)O)[N+]=2CC(=O)O. The van der Waals surface area contributed by atoms with Crippen LogP contribution in [-0.4, -0.2) is 122 Å². The van der Waals surface area contributed by atoms with E-state index in [4.69, 9.17) is 0 Å². The predicted molar refractivity (Wildman–Crippen MR) is 147 cm³/mol. The number of aromatic nitrogens is 3. The minimum atomic E-state index is -1.69. The minimum Gasteiger partial charge on any atom is -0.480 e. The minimum absolute atomic E-state index is 0.00415. The number of carboxylic acids is 4. The van der Waals surface area contributed by atoms with E-state index in [9.17, 15) is 65.1 Å². The number of aliphatic hydroxyl groups is 5. The van der Waals surface area contributed by atoms with E-state index >= 15 is 0 Å². The molecule has 0 fully saturated rings. The van der Waals surface area contributed by atoms with Gasteiger partial charge in [-0.2, -0.15) is 0 Å². The normalized spacial score (nSPS) is 16.5. The zero-order valence-electron chi connectivity index (χ0n) is 23.2. The van der Waals surface area contributed by atoms with Crippen molar-refractivity contribution < 1.29 is 65.1 Å². The standard InChI is InChI=1S/C27H32N4O13/c32-11-16(34)2-15-5-18-17(30(15)9-25(40)41)3-13(28(18)7-23(36)37)1-14-4-19-20(29(14)8-24(38)39)6-21(27(44)22(35)12-33)31(19)10-26(42)43/h3-6,14,16,22,27,32-35,44H,1-2,7-12H2,(H3-,36,37,38,39,40,41,42,43)/p+1. The van der Waals surface area contributed by atoms with Crippen LogP contribution in [-0.2, 0) is 51.7 Å². The molecule has 0 radical (unpaired) electrons. The Morgan fingerprint density at radius 3 is 1.82 bits per heavy atom.